The fourth-order valence-corrected chi connectivity index (χ4v) is 37.3. The van der Waals surface area contributed by atoms with Crippen molar-refractivity contribution in [2.75, 3.05) is 12.5 Å². The molecule has 74 heavy (non-hydrogen) atoms. The lowest BCUT2D eigenvalue weighted by atomic mass is 9.85. The Morgan fingerprint density at radius 3 is 0.595 bits per heavy atom. The van der Waals surface area contributed by atoms with Gasteiger partial charge in [-0.15, -0.1) is 99.3 Å². The van der Waals surface area contributed by atoms with Gasteiger partial charge in [0.2, 0.25) is 0 Å². The second kappa shape index (κ2) is 20.6. The molecule has 0 aliphatic carbocycles. The van der Waals surface area contributed by atoms with Crippen molar-refractivity contribution in [2.24, 2.45) is 0 Å². The van der Waals surface area contributed by atoms with Crippen LogP contribution in [-0.2, 0) is 21.7 Å². The van der Waals surface area contributed by atoms with Crippen molar-refractivity contribution in [1.29, 1.82) is 0 Å². The van der Waals surface area contributed by atoms with E-state index >= 15 is 0 Å². The minimum atomic E-state index is -0.485. The number of H-pyrrole nitrogens is 4. The summed E-state index contributed by atoms with van der Waals surface area (Å²) in [4.78, 5) is 27.7. The van der Waals surface area contributed by atoms with Crippen LogP contribution >= 0.6 is 287 Å². The van der Waals surface area contributed by atoms with E-state index in [-0.39, 0.29) is 0 Å². The Kier molecular flexibility index (Phi) is 15.7. The van der Waals surface area contributed by atoms with Crippen molar-refractivity contribution in [3.63, 3.8) is 0 Å². The summed E-state index contributed by atoms with van der Waals surface area (Å²) in [6.45, 7) is 19.4. The number of rotatable bonds is 2. The molecule has 9 aliphatic rings. The Morgan fingerprint density at radius 1 is 0.257 bits per heavy atom. The SMILES string of the molecule is CSC1=C(S)SC(=C2Sc3c4[nH]c(c3S2)C(C)(C)c2[nH]c(c3c2SC(=C2SC(S)=C(S)S2)S3)C(C)(C)c2[nH]c(c3c2SC(=C2SC(S)=C(SC)S2)S3)C(C)(C)c2[nH]c(c3c2SC(=C2SC(S)=C(S)S2)S3)C4(C)C)S1. The Labute approximate surface area is 541 Å². The topological polar surface area (TPSA) is 63.2 Å². The summed E-state index contributed by atoms with van der Waals surface area (Å²) in [5, 5.41) is 0. The average Bonchev–Trinajstić information content (AvgIpc) is 4.16. The van der Waals surface area contributed by atoms with E-state index in [4.69, 9.17) is 75.8 Å². The first kappa shape index (κ1) is 56.6. The fraction of sp³-hybridized carbons (Fsp3) is 0.304. The zero-order valence-electron chi connectivity index (χ0n) is 40.0. The summed E-state index contributed by atoms with van der Waals surface area (Å²) in [6.07, 6.45) is 4.31. The number of hydrogen-bond acceptors (Lipinski definition) is 24. The van der Waals surface area contributed by atoms with Gasteiger partial charge in [0.15, 0.2) is 0 Å². The maximum Gasteiger partial charge on any atom is 0.0717 e. The standard InChI is InChI=1S/C46H40N4S24/c1-43(2)19-11-12(60-35(59-11)39-67-27(51)28(52)68-39)20(47-19)44(3,4)25-17-18(66-38(65-17)42-72-32(56)34(58-10)74-42)26(50-25)46(7,8)22-14-13(61-36(62-14)40-69-29(53)30(54)70-40)21(48-22)45(5,6)24-16-15(23(43)49-24)63-37(64-16)41-71-31(55)33(57-9)73-41/h47-56H,1-10H3. The molecule has 388 valence electrons. The highest BCUT2D eigenvalue weighted by atomic mass is 32.3. The lowest BCUT2D eigenvalue weighted by Gasteiger charge is -2.30. The maximum absolute atomic E-state index is 4.97. The Bertz CT molecular complexity index is 3150. The Morgan fingerprint density at radius 2 is 0.419 bits per heavy atom. The summed E-state index contributed by atoms with van der Waals surface area (Å²) in [5.41, 5.74) is 7.89. The third kappa shape index (κ3) is 9.01. The van der Waals surface area contributed by atoms with Crippen LogP contribution in [0.15, 0.2) is 107 Å². The van der Waals surface area contributed by atoms with Gasteiger partial charge in [-0.1, -0.05) is 188 Å². The number of thiol groups is 6. The molecular weight excluding hydrogens is 1380 g/mol. The molecule has 8 bridgehead atoms. The molecule has 4 aromatic rings. The lowest BCUT2D eigenvalue weighted by Crippen LogP contribution is -2.27. The Hall–Kier alpha value is 3.44. The molecule has 4 aromatic heterocycles. The van der Waals surface area contributed by atoms with E-state index in [1.807, 2.05) is 118 Å². The highest BCUT2D eigenvalue weighted by Gasteiger charge is 2.51. The van der Waals surface area contributed by atoms with Crippen LogP contribution in [0.2, 0.25) is 0 Å². The molecule has 0 spiro atoms. The number of thioether (sulfide) groups is 18. The number of aromatic nitrogens is 4. The molecule has 0 saturated carbocycles. The minimum absolute atomic E-state index is 0.485. The predicted molar refractivity (Wildman–Crippen MR) is 376 cm³/mol. The molecule has 0 saturated heterocycles. The number of aromatic amines is 4. The van der Waals surface area contributed by atoms with Gasteiger partial charge in [0, 0.05) is 106 Å². The normalized spacial score (nSPS) is 23.5. The van der Waals surface area contributed by atoms with E-state index in [0.29, 0.717) is 0 Å². The molecule has 0 amide bonds. The van der Waals surface area contributed by atoms with E-state index in [1.54, 1.807) is 94.1 Å². The minimum Gasteiger partial charge on any atom is -0.359 e. The zero-order valence-corrected chi connectivity index (χ0v) is 60.1. The van der Waals surface area contributed by atoms with E-state index in [2.05, 4.69) is 87.8 Å². The second-order valence-corrected chi connectivity index (χ2v) is 44.4. The van der Waals surface area contributed by atoms with E-state index < -0.39 is 21.7 Å². The number of fused-ring (bicyclic) bond motifs is 20. The first-order valence-corrected chi connectivity index (χ1v) is 40.3. The summed E-state index contributed by atoms with van der Waals surface area (Å²) in [7, 11) is 0. The van der Waals surface area contributed by atoms with Crippen molar-refractivity contribution in [3.8, 4) is 0 Å². The summed E-state index contributed by atoms with van der Waals surface area (Å²) in [6, 6.07) is 0. The van der Waals surface area contributed by atoms with Crippen LogP contribution in [0.3, 0.4) is 0 Å². The summed E-state index contributed by atoms with van der Waals surface area (Å²) >= 11 is 62.5. The first-order valence-electron chi connectivity index (χ1n) is 22.1. The summed E-state index contributed by atoms with van der Waals surface area (Å²) < 4.78 is 18.9. The van der Waals surface area contributed by atoms with E-state index in [9.17, 15) is 0 Å². The molecule has 0 atom stereocenters. The van der Waals surface area contributed by atoms with Gasteiger partial charge in [-0.05, 0) is 67.9 Å². The van der Waals surface area contributed by atoms with Crippen molar-refractivity contribution >= 4 is 287 Å². The van der Waals surface area contributed by atoms with Crippen LogP contribution in [0, 0.1) is 0 Å². The maximum atomic E-state index is 4.97. The average molecular weight is 1420 g/mol. The van der Waals surface area contributed by atoms with E-state index in [1.165, 1.54) is 127 Å². The monoisotopic (exact) mass is 1420 g/mol. The van der Waals surface area contributed by atoms with Crippen molar-refractivity contribution in [1.82, 2.24) is 19.9 Å². The predicted octanol–water partition coefficient (Wildman–Crippen LogP) is 22.6. The van der Waals surface area contributed by atoms with Crippen LogP contribution in [-0.4, -0.2) is 32.4 Å². The highest BCUT2D eigenvalue weighted by Crippen LogP contribution is 2.72. The second-order valence-electron chi connectivity index (χ2n) is 19.4. The van der Waals surface area contributed by atoms with Crippen LogP contribution in [0.5, 0.6) is 0 Å². The molecule has 0 fully saturated rings. The Balaban J connectivity index is 1.07. The zero-order chi connectivity index (χ0) is 52.0. The van der Waals surface area contributed by atoms with Gasteiger partial charge in [0.25, 0.3) is 0 Å². The van der Waals surface area contributed by atoms with Crippen LogP contribution in [0.4, 0.5) is 0 Å². The van der Waals surface area contributed by atoms with Gasteiger partial charge in [0.05, 0.1) is 67.8 Å². The fourth-order valence-electron chi connectivity index (χ4n) is 9.54. The van der Waals surface area contributed by atoms with Gasteiger partial charge >= 0.3 is 0 Å². The van der Waals surface area contributed by atoms with Gasteiger partial charge < -0.3 is 19.9 Å². The lowest BCUT2D eigenvalue weighted by molar-refractivity contribution is 0.533. The number of hydrogen-bond donors (Lipinski definition) is 10. The van der Waals surface area contributed by atoms with E-state index in [0.717, 1.165) is 25.4 Å². The van der Waals surface area contributed by atoms with Crippen LogP contribution in [0.1, 0.15) is 101 Å². The molecule has 13 heterocycles. The third-order valence-corrected chi connectivity index (χ3v) is 42.3. The first-order chi connectivity index (χ1) is 35.0. The van der Waals surface area contributed by atoms with Crippen LogP contribution < -0.4 is 0 Å². The third-order valence-electron chi connectivity index (χ3n) is 13.5. The smallest absolute Gasteiger partial charge is 0.0717 e. The quantitative estimate of drug-likeness (QED) is 0.0886. The molecule has 9 aliphatic heterocycles. The van der Waals surface area contributed by atoms with Gasteiger partial charge in [-0.25, -0.2) is 0 Å². The van der Waals surface area contributed by atoms with Crippen LogP contribution in [0.25, 0.3) is 0 Å². The molecule has 0 radical (unpaired) electrons. The molecule has 0 unspecified atom stereocenters. The van der Waals surface area contributed by atoms with Crippen molar-refractivity contribution in [2.45, 2.75) is 116 Å². The van der Waals surface area contributed by atoms with Crippen molar-refractivity contribution in [3.05, 3.63) is 113 Å². The molecule has 28 heteroatoms. The summed E-state index contributed by atoms with van der Waals surface area (Å²) in [5.74, 6) is 0. The number of nitrogens with one attached hydrogen (secondary N) is 4. The molecule has 4 nitrogen and oxygen atoms in total. The van der Waals surface area contributed by atoms with Gasteiger partial charge in [0.1, 0.15) is 0 Å². The molecule has 4 N–H and O–H groups in total. The van der Waals surface area contributed by atoms with Gasteiger partial charge in [-0.2, -0.15) is 0 Å². The van der Waals surface area contributed by atoms with Crippen molar-refractivity contribution < 1.29 is 0 Å². The molecule has 13 rings (SSSR count). The molecular formula is C46H40N4S24. The van der Waals surface area contributed by atoms with Gasteiger partial charge in [-0.3, -0.25) is 0 Å². The highest BCUT2D eigenvalue weighted by molar-refractivity contribution is 8.42. The largest absolute Gasteiger partial charge is 0.359 e. The molecule has 0 aromatic carbocycles.